The van der Waals surface area contributed by atoms with E-state index < -0.39 is 23.5 Å². The molecule has 22 heavy (non-hydrogen) atoms. The second-order valence-corrected chi connectivity index (χ2v) is 5.75. The Morgan fingerprint density at radius 1 is 1.36 bits per heavy atom. The highest BCUT2D eigenvalue weighted by molar-refractivity contribution is 5.78. The highest BCUT2D eigenvalue weighted by Crippen LogP contribution is 2.28. The standard InChI is InChI=1S/C16H19F2NO3/c1-10(16(21)22)9-19(13-4-5-13)15(20)7-2-11-8-12(17)3-6-14(11)18/h3,6,8,10,13H,2,4-5,7,9H2,1H3,(H,21,22). The average Bonchev–Trinajstić information content (AvgIpc) is 3.29. The van der Waals surface area contributed by atoms with Crippen molar-refractivity contribution in [2.45, 2.75) is 38.6 Å². The predicted molar refractivity (Wildman–Crippen MR) is 76.2 cm³/mol. The molecule has 0 heterocycles. The molecule has 0 spiro atoms. The summed E-state index contributed by atoms with van der Waals surface area (Å²) in [7, 11) is 0. The van der Waals surface area contributed by atoms with Crippen molar-refractivity contribution >= 4 is 11.9 Å². The monoisotopic (exact) mass is 311 g/mol. The third-order valence-electron chi connectivity index (χ3n) is 3.82. The van der Waals surface area contributed by atoms with Crippen LogP contribution in [0.15, 0.2) is 18.2 Å². The molecule has 1 atom stereocenters. The lowest BCUT2D eigenvalue weighted by Gasteiger charge is -2.24. The van der Waals surface area contributed by atoms with E-state index in [1.54, 1.807) is 11.8 Å². The van der Waals surface area contributed by atoms with Crippen molar-refractivity contribution < 1.29 is 23.5 Å². The van der Waals surface area contributed by atoms with E-state index in [2.05, 4.69) is 0 Å². The molecule has 1 aromatic rings. The van der Waals surface area contributed by atoms with Gasteiger partial charge in [-0.1, -0.05) is 6.92 Å². The predicted octanol–water partition coefficient (Wildman–Crippen LogP) is 2.61. The smallest absolute Gasteiger partial charge is 0.308 e. The average molecular weight is 311 g/mol. The van der Waals surface area contributed by atoms with Gasteiger partial charge in [-0.3, -0.25) is 9.59 Å². The molecule has 6 heteroatoms. The van der Waals surface area contributed by atoms with Crippen molar-refractivity contribution in [1.29, 1.82) is 0 Å². The molecule has 1 aliphatic carbocycles. The first-order valence-corrected chi connectivity index (χ1v) is 7.34. The van der Waals surface area contributed by atoms with E-state index in [9.17, 15) is 18.4 Å². The number of aryl methyl sites for hydroxylation is 1. The lowest BCUT2D eigenvalue weighted by atomic mass is 10.1. The number of hydrogen-bond donors (Lipinski definition) is 1. The number of carboxylic acid groups (broad SMARTS) is 1. The third kappa shape index (κ3) is 4.26. The van der Waals surface area contributed by atoms with Gasteiger partial charge in [-0.2, -0.15) is 0 Å². The fourth-order valence-corrected chi connectivity index (χ4v) is 2.33. The summed E-state index contributed by atoms with van der Waals surface area (Å²) in [5.41, 5.74) is 0.162. The van der Waals surface area contributed by atoms with E-state index in [0.717, 1.165) is 31.0 Å². The summed E-state index contributed by atoms with van der Waals surface area (Å²) in [5, 5.41) is 8.96. The molecule has 1 amide bonds. The van der Waals surface area contributed by atoms with Crippen molar-refractivity contribution in [2.24, 2.45) is 5.92 Å². The van der Waals surface area contributed by atoms with Crippen LogP contribution in [0.3, 0.4) is 0 Å². The first-order chi connectivity index (χ1) is 10.4. The largest absolute Gasteiger partial charge is 0.481 e. The van der Waals surface area contributed by atoms with Crippen molar-refractivity contribution in [3.05, 3.63) is 35.4 Å². The lowest BCUT2D eigenvalue weighted by Crippen LogP contribution is -2.38. The van der Waals surface area contributed by atoms with Crippen LogP contribution in [0.1, 0.15) is 31.7 Å². The number of halogens is 2. The van der Waals surface area contributed by atoms with Gasteiger partial charge in [0, 0.05) is 19.0 Å². The normalized spacial score (nSPS) is 15.4. The maximum atomic E-state index is 13.5. The summed E-state index contributed by atoms with van der Waals surface area (Å²) in [4.78, 5) is 24.8. The highest BCUT2D eigenvalue weighted by Gasteiger charge is 2.34. The Morgan fingerprint density at radius 3 is 2.64 bits per heavy atom. The van der Waals surface area contributed by atoms with Gasteiger partial charge in [0.25, 0.3) is 0 Å². The van der Waals surface area contributed by atoms with Crippen LogP contribution < -0.4 is 0 Å². The van der Waals surface area contributed by atoms with E-state index >= 15 is 0 Å². The topological polar surface area (TPSA) is 57.6 Å². The molecule has 2 rings (SSSR count). The number of benzene rings is 1. The van der Waals surface area contributed by atoms with Crippen molar-refractivity contribution in [1.82, 2.24) is 4.90 Å². The van der Waals surface area contributed by atoms with Gasteiger partial charge in [0.15, 0.2) is 0 Å². The maximum Gasteiger partial charge on any atom is 0.308 e. The van der Waals surface area contributed by atoms with Crippen molar-refractivity contribution in [2.75, 3.05) is 6.54 Å². The highest BCUT2D eigenvalue weighted by atomic mass is 19.1. The van der Waals surface area contributed by atoms with E-state index in [1.165, 1.54) is 0 Å². The molecule has 0 saturated heterocycles. The molecule has 1 aliphatic rings. The van der Waals surface area contributed by atoms with Gasteiger partial charge in [-0.15, -0.1) is 0 Å². The Bertz CT molecular complexity index is 573. The van der Waals surface area contributed by atoms with E-state index in [1.807, 2.05) is 0 Å². The van der Waals surface area contributed by atoms with Gasteiger partial charge in [-0.05, 0) is 43.0 Å². The molecular weight excluding hydrogens is 292 g/mol. The van der Waals surface area contributed by atoms with Gasteiger partial charge in [0.1, 0.15) is 11.6 Å². The molecule has 0 aliphatic heterocycles. The van der Waals surface area contributed by atoms with Gasteiger partial charge in [-0.25, -0.2) is 8.78 Å². The Morgan fingerprint density at radius 2 is 2.05 bits per heavy atom. The first-order valence-electron chi connectivity index (χ1n) is 7.34. The molecule has 0 radical (unpaired) electrons. The van der Waals surface area contributed by atoms with Crippen LogP contribution in [0.5, 0.6) is 0 Å². The number of hydrogen-bond acceptors (Lipinski definition) is 2. The Hall–Kier alpha value is -1.98. The molecule has 1 unspecified atom stereocenters. The number of nitrogens with zero attached hydrogens (tertiary/aromatic N) is 1. The van der Waals surface area contributed by atoms with Crippen LogP contribution in [0, 0.1) is 17.6 Å². The summed E-state index contributed by atoms with van der Waals surface area (Å²) in [6, 6.07) is 3.25. The van der Waals surface area contributed by atoms with Gasteiger partial charge in [0.05, 0.1) is 5.92 Å². The fourth-order valence-electron chi connectivity index (χ4n) is 2.33. The molecule has 4 nitrogen and oxygen atoms in total. The summed E-state index contributed by atoms with van der Waals surface area (Å²) >= 11 is 0. The number of aliphatic carboxylic acids is 1. The van der Waals surface area contributed by atoms with E-state index in [-0.39, 0.29) is 36.9 Å². The molecule has 0 aromatic heterocycles. The Balaban J connectivity index is 1.96. The number of rotatable bonds is 7. The van der Waals surface area contributed by atoms with Crippen molar-refractivity contribution in [3.8, 4) is 0 Å². The van der Waals surface area contributed by atoms with Gasteiger partial charge < -0.3 is 10.0 Å². The molecule has 1 saturated carbocycles. The van der Waals surface area contributed by atoms with Crippen LogP contribution >= 0.6 is 0 Å². The Labute approximate surface area is 127 Å². The van der Waals surface area contributed by atoms with E-state index in [0.29, 0.717) is 0 Å². The quantitative estimate of drug-likeness (QED) is 0.842. The molecule has 0 bridgehead atoms. The maximum absolute atomic E-state index is 13.5. The summed E-state index contributed by atoms with van der Waals surface area (Å²) in [6.07, 6.45) is 1.88. The molecule has 1 aromatic carbocycles. The van der Waals surface area contributed by atoms with Crippen molar-refractivity contribution in [3.63, 3.8) is 0 Å². The molecular formula is C16H19F2NO3. The van der Waals surface area contributed by atoms with Gasteiger partial charge >= 0.3 is 5.97 Å². The van der Waals surface area contributed by atoms with E-state index in [4.69, 9.17) is 5.11 Å². The molecule has 1 N–H and O–H groups in total. The summed E-state index contributed by atoms with van der Waals surface area (Å²) in [5.74, 6) is -2.88. The molecule has 1 fully saturated rings. The van der Waals surface area contributed by atoms with Crippen LogP contribution in [-0.2, 0) is 16.0 Å². The Kier molecular flexibility index (Phi) is 5.11. The SMILES string of the molecule is CC(CN(C(=O)CCc1cc(F)ccc1F)C1CC1)C(=O)O. The first kappa shape index (κ1) is 16.4. The summed E-state index contributed by atoms with van der Waals surface area (Å²) in [6.45, 7) is 1.71. The third-order valence-corrected chi connectivity index (χ3v) is 3.82. The second kappa shape index (κ2) is 6.85. The zero-order chi connectivity index (χ0) is 16.3. The number of carboxylic acids is 1. The minimum atomic E-state index is -0.949. The van der Waals surface area contributed by atoms with Crippen LogP contribution in [-0.4, -0.2) is 34.5 Å². The van der Waals surface area contributed by atoms with Crippen LogP contribution in [0.2, 0.25) is 0 Å². The van der Waals surface area contributed by atoms with Crippen LogP contribution in [0.4, 0.5) is 8.78 Å². The number of carbonyl (C=O) groups is 2. The number of amides is 1. The lowest BCUT2D eigenvalue weighted by molar-refractivity contribution is -0.143. The fraction of sp³-hybridized carbons (Fsp3) is 0.500. The van der Waals surface area contributed by atoms with Gasteiger partial charge in [0.2, 0.25) is 5.91 Å². The minimum Gasteiger partial charge on any atom is -0.481 e. The number of carbonyl (C=O) groups excluding carboxylic acids is 1. The van der Waals surface area contributed by atoms with Crippen LogP contribution in [0.25, 0.3) is 0 Å². The second-order valence-electron chi connectivity index (χ2n) is 5.75. The zero-order valence-corrected chi connectivity index (χ0v) is 12.4. The minimum absolute atomic E-state index is 0.0449. The zero-order valence-electron chi connectivity index (χ0n) is 12.4. The molecule has 120 valence electrons. The summed E-state index contributed by atoms with van der Waals surface area (Å²) < 4.78 is 26.6.